The second-order valence-corrected chi connectivity index (χ2v) is 10.4. The summed E-state index contributed by atoms with van der Waals surface area (Å²) in [7, 11) is -0.837. The Morgan fingerprint density at radius 2 is 2.04 bits per heavy atom. The molecule has 144 valence electrons. The van der Waals surface area contributed by atoms with Gasteiger partial charge in [0, 0.05) is 50.5 Å². The van der Waals surface area contributed by atoms with Crippen LogP contribution in [0.25, 0.3) is 0 Å². The molecule has 4 rings (SSSR count). The smallest absolute Gasteiger partial charge is 0.227 e. The van der Waals surface area contributed by atoms with E-state index in [-0.39, 0.29) is 29.1 Å². The Morgan fingerprint density at radius 3 is 2.81 bits per heavy atom. The van der Waals surface area contributed by atoms with Gasteiger partial charge in [0.15, 0.2) is 9.84 Å². The minimum Gasteiger partial charge on any atom is -0.350 e. The second kappa shape index (κ2) is 6.31. The summed E-state index contributed by atoms with van der Waals surface area (Å²) in [6, 6.07) is 1.85. The molecule has 0 spiro atoms. The highest BCUT2D eigenvalue weighted by Gasteiger charge is 2.43. The SMILES string of the molecule is CN1CCN(c2nccc(N3CCN[C@H]4CS(=O)(=O)C[C@H]43)n2)CC1(C)C. The molecule has 9 heteroatoms. The van der Waals surface area contributed by atoms with Gasteiger partial charge in [-0.15, -0.1) is 0 Å². The summed E-state index contributed by atoms with van der Waals surface area (Å²) in [5, 5.41) is 3.35. The maximum Gasteiger partial charge on any atom is 0.227 e. The molecule has 0 aliphatic carbocycles. The Morgan fingerprint density at radius 1 is 1.23 bits per heavy atom. The molecule has 1 aromatic heterocycles. The molecule has 1 aromatic rings. The van der Waals surface area contributed by atoms with Crippen molar-refractivity contribution in [2.45, 2.75) is 31.5 Å². The Kier molecular flexibility index (Phi) is 4.36. The van der Waals surface area contributed by atoms with Crippen molar-refractivity contribution in [3.05, 3.63) is 12.3 Å². The monoisotopic (exact) mass is 380 g/mol. The van der Waals surface area contributed by atoms with Gasteiger partial charge in [-0.05, 0) is 27.0 Å². The van der Waals surface area contributed by atoms with Crippen LogP contribution in [0, 0.1) is 0 Å². The Balaban J connectivity index is 1.58. The van der Waals surface area contributed by atoms with Crippen molar-refractivity contribution in [3.8, 4) is 0 Å². The molecule has 3 aliphatic rings. The number of nitrogens with zero attached hydrogens (tertiary/aromatic N) is 5. The van der Waals surface area contributed by atoms with E-state index in [0.29, 0.717) is 0 Å². The van der Waals surface area contributed by atoms with Gasteiger partial charge in [0.2, 0.25) is 5.95 Å². The fraction of sp³-hybridized carbons (Fsp3) is 0.765. The number of hydrogen-bond acceptors (Lipinski definition) is 8. The van der Waals surface area contributed by atoms with E-state index in [1.54, 1.807) is 6.20 Å². The lowest BCUT2D eigenvalue weighted by Gasteiger charge is -2.45. The van der Waals surface area contributed by atoms with Crippen molar-refractivity contribution in [1.29, 1.82) is 0 Å². The van der Waals surface area contributed by atoms with E-state index < -0.39 is 9.84 Å². The average molecular weight is 381 g/mol. The first-order chi connectivity index (χ1) is 12.3. The summed E-state index contributed by atoms with van der Waals surface area (Å²) in [6.45, 7) is 8.73. The van der Waals surface area contributed by atoms with Crippen molar-refractivity contribution >= 4 is 21.6 Å². The first-order valence-corrected chi connectivity index (χ1v) is 11.1. The molecular weight excluding hydrogens is 352 g/mol. The first-order valence-electron chi connectivity index (χ1n) is 9.25. The maximum atomic E-state index is 12.1. The van der Waals surface area contributed by atoms with Crippen molar-refractivity contribution in [2.75, 3.05) is 61.1 Å². The summed E-state index contributed by atoms with van der Waals surface area (Å²) < 4.78 is 24.2. The molecule has 0 bridgehead atoms. The lowest BCUT2D eigenvalue weighted by molar-refractivity contribution is 0.138. The highest BCUT2D eigenvalue weighted by Crippen LogP contribution is 2.28. The topological polar surface area (TPSA) is 81.7 Å². The normalized spacial score (nSPS) is 31.0. The second-order valence-electron chi connectivity index (χ2n) is 8.27. The lowest BCUT2D eigenvalue weighted by atomic mass is 10.0. The molecule has 0 saturated carbocycles. The summed E-state index contributed by atoms with van der Waals surface area (Å²) in [5.41, 5.74) is 0.0668. The van der Waals surface area contributed by atoms with E-state index in [1.807, 2.05) is 6.07 Å². The molecule has 4 heterocycles. The van der Waals surface area contributed by atoms with Gasteiger partial charge in [-0.25, -0.2) is 13.4 Å². The van der Waals surface area contributed by atoms with E-state index in [4.69, 9.17) is 4.98 Å². The third kappa shape index (κ3) is 3.27. The van der Waals surface area contributed by atoms with Crippen LogP contribution in [0.1, 0.15) is 13.8 Å². The van der Waals surface area contributed by atoms with Gasteiger partial charge < -0.3 is 15.1 Å². The minimum atomic E-state index is -2.99. The summed E-state index contributed by atoms with van der Waals surface area (Å²) in [5.74, 6) is 1.99. The molecule has 3 saturated heterocycles. The summed E-state index contributed by atoms with van der Waals surface area (Å²) >= 11 is 0. The maximum absolute atomic E-state index is 12.1. The molecule has 8 nitrogen and oxygen atoms in total. The van der Waals surface area contributed by atoms with Gasteiger partial charge in [-0.3, -0.25) is 4.90 Å². The molecule has 0 aromatic carbocycles. The number of hydrogen-bond donors (Lipinski definition) is 1. The number of anilines is 2. The number of sulfone groups is 1. The van der Waals surface area contributed by atoms with Gasteiger partial charge in [-0.2, -0.15) is 4.98 Å². The van der Waals surface area contributed by atoms with Crippen molar-refractivity contribution in [2.24, 2.45) is 0 Å². The van der Waals surface area contributed by atoms with Gasteiger partial charge in [0.05, 0.1) is 17.5 Å². The number of piperazine rings is 2. The van der Waals surface area contributed by atoms with Crippen LogP contribution in [0.4, 0.5) is 11.8 Å². The van der Waals surface area contributed by atoms with E-state index in [0.717, 1.165) is 44.5 Å². The van der Waals surface area contributed by atoms with E-state index in [2.05, 4.69) is 45.9 Å². The van der Waals surface area contributed by atoms with Crippen molar-refractivity contribution < 1.29 is 8.42 Å². The third-order valence-electron chi connectivity index (χ3n) is 6.00. The van der Waals surface area contributed by atoms with Crippen LogP contribution in [0.2, 0.25) is 0 Å². The van der Waals surface area contributed by atoms with E-state index in [1.165, 1.54) is 0 Å². The van der Waals surface area contributed by atoms with Crippen LogP contribution in [-0.4, -0.2) is 92.2 Å². The van der Waals surface area contributed by atoms with Crippen LogP contribution in [0.15, 0.2) is 12.3 Å². The zero-order valence-corrected chi connectivity index (χ0v) is 16.5. The number of likely N-dealkylation sites (N-methyl/N-ethyl adjacent to an activating group) is 1. The zero-order valence-electron chi connectivity index (χ0n) is 15.7. The quantitative estimate of drug-likeness (QED) is 0.741. The van der Waals surface area contributed by atoms with Crippen LogP contribution in [0.5, 0.6) is 0 Å². The molecule has 0 unspecified atom stereocenters. The van der Waals surface area contributed by atoms with Gasteiger partial charge in [0.1, 0.15) is 5.82 Å². The number of aromatic nitrogens is 2. The van der Waals surface area contributed by atoms with Crippen molar-refractivity contribution in [1.82, 2.24) is 20.2 Å². The van der Waals surface area contributed by atoms with E-state index >= 15 is 0 Å². The fourth-order valence-electron chi connectivity index (χ4n) is 4.21. The lowest BCUT2D eigenvalue weighted by Crippen LogP contribution is -2.58. The molecule has 3 fully saturated rings. The van der Waals surface area contributed by atoms with Crippen LogP contribution >= 0.6 is 0 Å². The predicted molar refractivity (Wildman–Crippen MR) is 103 cm³/mol. The molecule has 0 radical (unpaired) electrons. The Bertz CT molecular complexity index is 783. The molecule has 2 atom stereocenters. The fourth-order valence-corrected chi connectivity index (χ4v) is 6.17. The van der Waals surface area contributed by atoms with Gasteiger partial charge in [-0.1, -0.05) is 0 Å². The Labute approximate surface area is 155 Å². The third-order valence-corrected chi connectivity index (χ3v) is 7.72. The largest absolute Gasteiger partial charge is 0.350 e. The predicted octanol–water partition coefficient (Wildman–Crippen LogP) is -0.418. The summed E-state index contributed by atoms with van der Waals surface area (Å²) in [6.07, 6.45) is 1.80. The van der Waals surface area contributed by atoms with Gasteiger partial charge >= 0.3 is 0 Å². The zero-order chi connectivity index (χ0) is 18.5. The first kappa shape index (κ1) is 17.9. The van der Waals surface area contributed by atoms with E-state index in [9.17, 15) is 8.42 Å². The standard InChI is InChI=1S/C17H28N6O2S/c1-17(2)12-22(9-8-21(17)3)16-19-5-4-15(20-16)23-7-6-18-13-10-26(24,25)11-14(13)23/h4-5,13-14,18H,6-12H2,1-3H3/t13-,14+/m0/s1. The minimum absolute atomic E-state index is 0.00488. The average Bonchev–Trinajstić information content (AvgIpc) is 2.91. The molecule has 0 amide bonds. The van der Waals surface area contributed by atoms with Gasteiger partial charge in [0.25, 0.3) is 0 Å². The van der Waals surface area contributed by atoms with Crippen LogP contribution in [0.3, 0.4) is 0 Å². The highest BCUT2D eigenvalue weighted by atomic mass is 32.2. The summed E-state index contributed by atoms with van der Waals surface area (Å²) in [4.78, 5) is 16.1. The number of nitrogens with one attached hydrogen (secondary N) is 1. The van der Waals surface area contributed by atoms with Crippen molar-refractivity contribution in [3.63, 3.8) is 0 Å². The number of rotatable bonds is 2. The molecular formula is C17H28N6O2S. The molecule has 26 heavy (non-hydrogen) atoms. The molecule has 3 aliphatic heterocycles. The molecule has 1 N–H and O–H groups in total. The number of fused-ring (bicyclic) bond motifs is 1. The Hall–Kier alpha value is -1.45. The van der Waals surface area contributed by atoms with Crippen LogP contribution in [-0.2, 0) is 9.84 Å². The highest BCUT2D eigenvalue weighted by molar-refractivity contribution is 7.91. The van der Waals surface area contributed by atoms with Crippen LogP contribution < -0.4 is 15.1 Å².